The van der Waals surface area contributed by atoms with Crippen molar-refractivity contribution < 1.29 is 9.47 Å². The maximum atomic E-state index is 8.83. The van der Waals surface area contributed by atoms with E-state index in [1.165, 1.54) is 7.11 Å². The zero-order valence-electron chi connectivity index (χ0n) is 10.6. The molecule has 1 heterocycles. The molecule has 0 saturated carbocycles. The number of aromatic nitrogens is 1. The number of benzene rings is 1. The molecule has 0 unspecified atom stereocenters. The van der Waals surface area contributed by atoms with Gasteiger partial charge in [-0.05, 0) is 24.3 Å². The van der Waals surface area contributed by atoms with E-state index in [1.807, 2.05) is 6.07 Å². The predicted octanol–water partition coefficient (Wildman–Crippen LogP) is 3.85. The predicted molar refractivity (Wildman–Crippen MR) is 76.3 cm³/mol. The monoisotopic (exact) mass is 308 g/mol. The van der Waals surface area contributed by atoms with Crippen LogP contribution >= 0.6 is 23.2 Å². The number of pyridine rings is 1. The van der Waals surface area contributed by atoms with Crippen molar-refractivity contribution in [1.29, 1.82) is 5.26 Å². The Morgan fingerprint density at radius 1 is 1.20 bits per heavy atom. The van der Waals surface area contributed by atoms with Crippen LogP contribution < -0.4 is 9.47 Å². The van der Waals surface area contributed by atoms with Crippen LogP contribution in [0.3, 0.4) is 0 Å². The van der Waals surface area contributed by atoms with Crippen LogP contribution in [0, 0.1) is 11.3 Å². The SMILES string of the molecule is COc1cc(C#N)ccc1OCc1ccc(Cl)nc1Cl. The minimum Gasteiger partial charge on any atom is -0.493 e. The van der Waals surface area contributed by atoms with Crippen molar-refractivity contribution in [2.75, 3.05) is 7.11 Å². The molecular formula is C14H10Cl2N2O2. The smallest absolute Gasteiger partial charge is 0.162 e. The van der Waals surface area contributed by atoms with E-state index in [-0.39, 0.29) is 6.61 Å². The summed E-state index contributed by atoms with van der Waals surface area (Å²) in [6.45, 7) is 0.227. The Labute approximate surface area is 126 Å². The fraction of sp³-hybridized carbons (Fsp3) is 0.143. The first-order valence-electron chi connectivity index (χ1n) is 5.66. The van der Waals surface area contributed by atoms with Crippen molar-refractivity contribution >= 4 is 23.2 Å². The number of methoxy groups -OCH3 is 1. The first kappa shape index (κ1) is 14.4. The van der Waals surface area contributed by atoms with Crippen LogP contribution in [0.1, 0.15) is 11.1 Å². The molecule has 1 aromatic heterocycles. The van der Waals surface area contributed by atoms with Crippen molar-refractivity contribution in [2.24, 2.45) is 0 Å². The average molecular weight is 309 g/mol. The standard InChI is InChI=1S/C14H10Cl2N2O2/c1-19-12-6-9(7-17)2-4-11(12)20-8-10-3-5-13(15)18-14(10)16/h2-6H,8H2,1H3. The highest BCUT2D eigenvalue weighted by Crippen LogP contribution is 2.29. The highest BCUT2D eigenvalue weighted by atomic mass is 35.5. The number of rotatable bonds is 4. The third kappa shape index (κ3) is 3.32. The highest BCUT2D eigenvalue weighted by molar-refractivity contribution is 6.32. The number of halogens is 2. The first-order chi connectivity index (χ1) is 9.63. The molecule has 1 aromatic carbocycles. The molecule has 0 N–H and O–H groups in total. The maximum Gasteiger partial charge on any atom is 0.162 e. The average Bonchev–Trinajstić information content (AvgIpc) is 2.46. The van der Waals surface area contributed by atoms with Gasteiger partial charge in [-0.1, -0.05) is 23.2 Å². The van der Waals surface area contributed by atoms with Gasteiger partial charge in [0.25, 0.3) is 0 Å². The number of hydrogen-bond donors (Lipinski definition) is 0. The molecule has 0 fully saturated rings. The Kier molecular flexibility index (Phi) is 4.67. The molecule has 20 heavy (non-hydrogen) atoms. The summed E-state index contributed by atoms with van der Waals surface area (Å²) in [7, 11) is 1.51. The van der Waals surface area contributed by atoms with Gasteiger partial charge in [0.1, 0.15) is 16.9 Å². The lowest BCUT2D eigenvalue weighted by atomic mass is 10.2. The summed E-state index contributed by atoms with van der Waals surface area (Å²) < 4.78 is 10.8. The van der Waals surface area contributed by atoms with Crippen molar-refractivity contribution in [2.45, 2.75) is 6.61 Å². The Bertz CT molecular complexity index is 669. The fourth-order valence-electron chi connectivity index (χ4n) is 1.56. The van der Waals surface area contributed by atoms with E-state index in [2.05, 4.69) is 4.98 Å². The van der Waals surface area contributed by atoms with E-state index in [1.54, 1.807) is 30.3 Å². The summed E-state index contributed by atoms with van der Waals surface area (Å²) in [5.41, 5.74) is 1.21. The molecule has 102 valence electrons. The topological polar surface area (TPSA) is 55.1 Å². The van der Waals surface area contributed by atoms with Crippen LogP contribution in [0.25, 0.3) is 0 Å². The van der Waals surface area contributed by atoms with Crippen LogP contribution in [0.15, 0.2) is 30.3 Å². The Balaban J connectivity index is 2.16. The van der Waals surface area contributed by atoms with Crippen LogP contribution in [-0.2, 0) is 6.61 Å². The molecule has 0 saturated heterocycles. The largest absolute Gasteiger partial charge is 0.493 e. The molecule has 0 spiro atoms. The summed E-state index contributed by atoms with van der Waals surface area (Å²) in [5, 5.41) is 9.46. The van der Waals surface area contributed by atoms with E-state index >= 15 is 0 Å². The van der Waals surface area contributed by atoms with Crippen molar-refractivity contribution in [1.82, 2.24) is 4.98 Å². The zero-order chi connectivity index (χ0) is 14.5. The summed E-state index contributed by atoms with van der Waals surface area (Å²) >= 11 is 11.7. The molecule has 0 aliphatic heterocycles. The third-order valence-electron chi connectivity index (χ3n) is 2.57. The van der Waals surface area contributed by atoms with Crippen LogP contribution in [0.5, 0.6) is 11.5 Å². The van der Waals surface area contributed by atoms with Gasteiger partial charge in [-0.2, -0.15) is 5.26 Å². The summed E-state index contributed by atoms with van der Waals surface area (Å²) in [5.74, 6) is 1.01. The second-order valence-corrected chi connectivity index (χ2v) is 4.60. The van der Waals surface area contributed by atoms with Crippen LogP contribution in [-0.4, -0.2) is 12.1 Å². The number of ether oxygens (including phenoxy) is 2. The van der Waals surface area contributed by atoms with Gasteiger partial charge in [0.2, 0.25) is 0 Å². The number of nitriles is 1. The number of hydrogen-bond acceptors (Lipinski definition) is 4. The first-order valence-corrected chi connectivity index (χ1v) is 6.41. The molecule has 0 radical (unpaired) electrons. The molecule has 0 bridgehead atoms. The quantitative estimate of drug-likeness (QED) is 0.805. The molecule has 0 aliphatic rings. The van der Waals surface area contributed by atoms with Gasteiger partial charge in [0, 0.05) is 11.6 Å². The minimum atomic E-state index is 0.227. The summed E-state index contributed by atoms with van der Waals surface area (Å²) in [4.78, 5) is 3.93. The lowest BCUT2D eigenvalue weighted by Gasteiger charge is -2.11. The molecule has 0 amide bonds. The van der Waals surface area contributed by atoms with E-state index in [0.29, 0.717) is 32.9 Å². The molecule has 0 aliphatic carbocycles. The van der Waals surface area contributed by atoms with E-state index in [9.17, 15) is 0 Å². The second kappa shape index (κ2) is 6.47. The molecule has 4 nitrogen and oxygen atoms in total. The van der Waals surface area contributed by atoms with Gasteiger partial charge in [0.05, 0.1) is 18.7 Å². The van der Waals surface area contributed by atoms with Crippen LogP contribution in [0.4, 0.5) is 0 Å². The molecule has 0 atom stereocenters. The van der Waals surface area contributed by atoms with Crippen molar-refractivity contribution in [3.8, 4) is 17.6 Å². The minimum absolute atomic E-state index is 0.227. The van der Waals surface area contributed by atoms with Gasteiger partial charge in [-0.3, -0.25) is 0 Å². The van der Waals surface area contributed by atoms with E-state index in [0.717, 1.165) is 0 Å². The van der Waals surface area contributed by atoms with Crippen molar-refractivity contribution in [3.63, 3.8) is 0 Å². The van der Waals surface area contributed by atoms with Gasteiger partial charge in [-0.15, -0.1) is 0 Å². The lowest BCUT2D eigenvalue weighted by Crippen LogP contribution is -1.99. The zero-order valence-corrected chi connectivity index (χ0v) is 12.1. The maximum absolute atomic E-state index is 8.83. The van der Waals surface area contributed by atoms with Crippen molar-refractivity contribution in [3.05, 3.63) is 51.8 Å². The van der Waals surface area contributed by atoms with Gasteiger partial charge >= 0.3 is 0 Å². The molecule has 2 rings (SSSR count). The highest BCUT2D eigenvalue weighted by Gasteiger charge is 2.08. The van der Waals surface area contributed by atoms with E-state index in [4.69, 9.17) is 37.9 Å². The van der Waals surface area contributed by atoms with Gasteiger partial charge in [0.15, 0.2) is 11.5 Å². The van der Waals surface area contributed by atoms with E-state index < -0.39 is 0 Å². The molecule has 6 heteroatoms. The second-order valence-electron chi connectivity index (χ2n) is 3.85. The Morgan fingerprint density at radius 2 is 2.00 bits per heavy atom. The summed E-state index contributed by atoms with van der Waals surface area (Å²) in [6.07, 6.45) is 0. The van der Waals surface area contributed by atoms with Gasteiger partial charge in [-0.25, -0.2) is 4.98 Å². The fourth-order valence-corrected chi connectivity index (χ4v) is 1.96. The Hall–Kier alpha value is -1.96. The Morgan fingerprint density at radius 3 is 2.65 bits per heavy atom. The third-order valence-corrected chi connectivity index (χ3v) is 3.11. The van der Waals surface area contributed by atoms with Gasteiger partial charge < -0.3 is 9.47 Å². The molecular weight excluding hydrogens is 299 g/mol. The normalized spacial score (nSPS) is 9.90. The lowest BCUT2D eigenvalue weighted by molar-refractivity contribution is 0.284. The number of nitrogens with zero attached hydrogens (tertiary/aromatic N) is 2. The molecule has 2 aromatic rings. The van der Waals surface area contributed by atoms with Crippen LogP contribution in [0.2, 0.25) is 10.3 Å². The summed E-state index contributed by atoms with van der Waals surface area (Å²) in [6, 6.07) is 10.4.